The summed E-state index contributed by atoms with van der Waals surface area (Å²) in [5, 5.41) is 0. The quantitative estimate of drug-likeness (QED) is 0.564. The largest absolute Gasteiger partial charge is 0.381 e. The lowest BCUT2D eigenvalue weighted by atomic mass is 9.66. The van der Waals surface area contributed by atoms with Crippen LogP contribution in [0, 0.1) is 17.8 Å². The first-order valence-electron chi connectivity index (χ1n) is 5.41. The Morgan fingerprint density at radius 2 is 2.15 bits per heavy atom. The second-order valence-corrected chi connectivity index (χ2v) is 4.77. The summed E-state index contributed by atoms with van der Waals surface area (Å²) in [6.07, 6.45) is 6.85. The smallest absolute Gasteiger partial charge is 0.0639 e. The molecule has 2 bridgehead atoms. The number of rotatable bonds is 1. The van der Waals surface area contributed by atoms with Gasteiger partial charge in [0.05, 0.1) is 6.10 Å². The molecule has 2 aliphatic rings. The average molecular weight is 180 g/mol. The molecule has 1 nitrogen and oxygen atoms in total. The van der Waals surface area contributed by atoms with E-state index in [0.717, 1.165) is 17.8 Å². The third-order valence-corrected chi connectivity index (χ3v) is 4.04. The van der Waals surface area contributed by atoms with E-state index in [2.05, 4.69) is 19.9 Å². The zero-order valence-electron chi connectivity index (χ0n) is 8.92. The summed E-state index contributed by atoms with van der Waals surface area (Å²) in [5.41, 5.74) is 1.56. The number of allylic oxidation sites excluding steroid dienone is 1. The molecule has 4 atom stereocenters. The van der Waals surface area contributed by atoms with Crippen LogP contribution in [0.2, 0.25) is 0 Å². The monoisotopic (exact) mass is 180 g/mol. The van der Waals surface area contributed by atoms with Crippen LogP contribution in [-0.2, 0) is 4.74 Å². The molecule has 0 aromatic rings. The first-order valence-corrected chi connectivity index (χ1v) is 5.41. The van der Waals surface area contributed by atoms with Gasteiger partial charge in [0.1, 0.15) is 0 Å². The van der Waals surface area contributed by atoms with Gasteiger partial charge < -0.3 is 4.74 Å². The van der Waals surface area contributed by atoms with Crippen LogP contribution in [0.5, 0.6) is 0 Å². The molecule has 13 heavy (non-hydrogen) atoms. The predicted molar refractivity (Wildman–Crippen MR) is 54.5 cm³/mol. The highest BCUT2D eigenvalue weighted by Crippen LogP contribution is 2.43. The Bertz CT molecular complexity index is 219. The van der Waals surface area contributed by atoms with E-state index in [4.69, 9.17) is 4.74 Å². The number of ether oxygens (including phenoxy) is 1. The predicted octanol–water partition coefficient (Wildman–Crippen LogP) is 3.01. The highest BCUT2D eigenvalue weighted by molar-refractivity contribution is 5.13. The summed E-state index contributed by atoms with van der Waals surface area (Å²) < 4.78 is 5.58. The fraction of sp³-hybridized carbons (Fsp3) is 0.833. The highest BCUT2D eigenvalue weighted by Gasteiger charge is 2.37. The maximum Gasteiger partial charge on any atom is 0.0639 e. The number of hydrogen-bond donors (Lipinski definition) is 0. The van der Waals surface area contributed by atoms with Crippen LogP contribution < -0.4 is 0 Å². The number of methoxy groups -OCH3 is 1. The van der Waals surface area contributed by atoms with Gasteiger partial charge in [0.2, 0.25) is 0 Å². The highest BCUT2D eigenvalue weighted by atomic mass is 16.5. The van der Waals surface area contributed by atoms with Crippen molar-refractivity contribution in [1.29, 1.82) is 0 Å². The molecule has 0 N–H and O–H groups in total. The minimum atomic E-state index is 0.489. The summed E-state index contributed by atoms with van der Waals surface area (Å²) >= 11 is 0. The zero-order valence-corrected chi connectivity index (χ0v) is 8.92. The number of fused-ring (bicyclic) bond motifs is 2. The lowest BCUT2D eigenvalue weighted by molar-refractivity contribution is -0.00473. The summed E-state index contributed by atoms with van der Waals surface area (Å²) in [4.78, 5) is 0. The van der Waals surface area contributed by atoms with Crippen LogP contribution in [0.25, 0.3) is 0 Å². The van der Waals surface area contributed by atoms with Crippen molar-refractivity contribution in [1.82, 2.24) is 0 Å². The van der Waals surface area contributed by atoms with Gasteiger partial charge in [-0.2, -0.15) is 0 Å². The van der Waals surface area contributed by atoms with Crippen molar-refractivity contribution in [2.45, 2.75) is 39.2 Å². The van der Waals surface area contributed by atoms with Crippen molar-refractivity contribution in [3.63, 3.8) is 0 Å². The topological polar surface area (TPSA) is 9.23 Å². The molecule has 0 saturated heterocycles. The summed E-state index contributed by atoms with van der Waals surface area (Å²) in [6.45, 7) is 4.64. The van der Waals surface area contributed by atoms with Gasteiger partial charge in [0.15, 0.2) is 0 Å². The molecule has 0 amide bonds. The van der Waals surface area contributed by atoms with E-state index in [9.17, 15) is 0 Å². The average Bonchev–Trinajstić information content (AvgIpc) is 2.15. The summed E-state index contributed by atoms with van der Waals surface area (Å²) in [5.74, 6) is 2.51. The van der Waals surface area contributed by atoms with E-state index >= 15 is 0 Å². The second kappa shape index (κ2) is 3.45. The minimum absolute atomic E-state index is 0.489. The van der Waals surface area contributed by atoms with E-state index in [-0.39, 0.29) is 0 Å². The van der Waals surface area contributed by atoms with Gasteiger partial charge in [-0.1, -0.05) is 18.6 Å². The normalized spacial score (nSPS) is 44.4. The molecule has 0 radical (unpaired) electrons. The van der Waals surface area contributed by atoms with Gasteiger partial charge in [0.25, 0.3) is 0 Å². The van der Waals surface area contributed by atoms with Crippen molar-refractivity contribution < 1.29 is 4.74 Å². The minimum Gasteiger partial charge on any atom is -0.381 e. The summed E-state index contributed by atoms with van der Waals surface area (Å²) in [6, 6.07) is 0. The van der Waals surface area contributed by atoms with E-state index in [1.807, 2.05) is 7.11 Å². The zero-order chi connectivity index (χ0) is 9.42. The Kier molecular flexibility index (Phi) is 2.46. The van der Waals surface area contributed by atoms with Gasteiger partial charge in [-0.15, -0.1) is 0 Å². The Hall–Kier alpha value is -0.300. The lowest BCUT2D eigenvalue weighted by Gasteiger charge is -2.42. The third-order valence-electron chi connectivity index (χ3n) is 4.04. The molecule has 2 aliphatic carbocycles. The SMILES string of the molecule is COC1CC(C)C2CC=C(C)C1C2. The fourth-order valence-electron chi connectivity index (χ4n) is 2.99. The first-order chi connectivity index (χ1) is 6.22. The first kappa shape index (κ1) is 9.26. The maximum atomic E-state index is 5.58. The molecule has 0 spiro atoms. The van der Waals surface area contributed by atoms with Crippen LogP contribution >= 0.6 is 0 Å². The molecule has 2 rings (SSSR count). The van der Waals surface area contributed by atoms with Crippen molar-refractivity contribution in [3.05, 3.63) is 11.6 Å². The Morgan fingerprint density at radius 1 is 1.38 bits per heavy atom. The van der Waals surface area contributed by atoms with Gasteiger partial charge >= 0.3 is 0 Å². The molecular weight excluding hydrogens is 160 g/mol. The van der Waals surface area contributed by atoms with Gasteiger partial charge in [-0.05, 0) is 38.0 Å². The Labute approximate surface area is 81.2 Å². The van der Waals surface area contributed by atoms with Crippen LogP contribution in [-0.4, -0.2) is 13.2 Å². The van der Waals surface area contributed by atoms with E-state index in [1.165, 1.54) is 19.3 Å². The number of hydrogen-bond acceptors (Lipinski definition) is 1. The molecule has 0 aromatic carbocycles. The molecule has 4 unspecified atom stereocenters. The second-order valence-electron chi connectivity index (χ2n) is 4.77. The molecule has 0 heterocycles. The molecule has 1 heteroatoms. The Morgan fingerprint density at radius 3 is 2.85 bits per heavy atom. The van der Waals surface area contributed by atoms with Crippen LogP contribution in [0.4, 0.5) is 0 Å². The maximum absolute atomic E-state index is 5.58. The van der Waals surface area contributed by atoms with Crippen LogP contribution in [0.3, 0.4) is 0 Å². The summed E-state index contributed by atoms with van der Waals surface area (Å²) in [7, 11) is 1.86. The van der Waals surface area contributed by atoms with Gasteiger partial charge in [-0.25, -0.2) is 0 Å². The molecule has 0 aromatic heterocycles. The van der Waals surface area contributed by atoms with Crippen molar-refractivity contribution in [2.24, 2.45) is 17.8 Å². The van der Waals surface area contributed by atoms with Crippen molar-refractivity contribution >= 4 is 0 Å². The Balaban J connectivity index is 2.19. The lowest BCUT2D eigenvalue weighted by Crippen LogP contribution is -2.38. The van der Waals surface area contributed by atoms with E-state index in [0.29, 0.717) is 6.10 Å². The van der Waals surface area contributed by atoms with Crippen LogP contribution in [0.1, 0.15) is 33.1 Å². The molecule has 0 aliphatic heterocycles. The fourth-order valence-corrected chi connectivity index (χ4v) is 2.99. The van der Waals surface area contributed by atoms with Crippen molar-refractivity contribution in [3.8, 4) is 0 Å². The van der Waals surface area contributed by atoms with Crippen molar-refractivity contribution in [2.75, 3.05) is 7.11 Å². The molecule has 1 saturated carbocycles. The van der Waals surface area contributed by atoms with Gasteiger partial charge in [0, 0.05) is 13.0 Å². The molecular formula is C12H20O. The standard InChI is InChI=1S/C12H20O/c1-8-4-5-10-7-11(8)12(13-3)6-9(10)2/h4,9-12H,5-7H2,1-3H3. The van der Waals surface area contributed by atoms with E-state index < -0.39 is 0 Å². The molecule has 74 valence electrons. The van der Waals surface area contributed by atoms with E-state index in [1.54, 1.807) is 5.57 Å². The van der Waals surface area contributed by atoms with Crippen LogP contribution in [0.15, 0.2) is 11.6 Å². The molecule has 1 fully saturated rings. The van der Waals surface area contributed by atoms with Gasteiger partial charge in [-0.3, -0.25) is 0 Å². The third kappa shape index (κ3) is 1.54.